The van der Waals surface area contributed by atoms with Gasteiger partial charge in [-0.25, -0.2) is 8.42 Å². The van der Waals surface area contributed by atoms with E-state index in [0.717, 1.165) is 29.8 Å². The summed E-state index contributed by atoms with van der Waals surface area (Å²) in [6.45, 7) is 9.94. The van der Waals surface area contributed by atoms with Gasteiger partial charge in [0.05, 0.1) is 16.6 Å². The van der Waals surface area contributed by atoms with Gasteiger partial charge in [0.25, 0.3) is 10.0 Å². The van der Waals surface area contributed by atoms with Crippen molar-refractivity contribution >= 4 is 27.3 Å². The number of hydrogen-bond acceptors (Lipinski definition) is 4. The average molecular weight is 534 g/mol. The molecule has 7 heteroatoms. The Kier molecular flexibility index (Phi) is 8.77. The maximum atomic E-state index is 13.8. The Balaban J connectivity index is 1.53. The van der Waals surface area contributed by atoms with E-state index in [1.54, 1.807) is 36.4 Å². The molecule has 2 unspecified atom stereocenters. The topological polar surface area (TPSA) is 69.7 Å². The fourth-order valence-corrected chi connectivity index (χ4v) is 6.55. The first kappa shape index (κ1) is 27.7. The summed E-state index contributed by atoms with van der Waals surface area (Å²) in [6.07, 6.45) is 3.13. The Morgan fingerprint density at radius 2 is 1.74 bits per heavy atom. The van der Waals surface area contributed by atoms with Crippen molar-refractivity contribution in [3.63, 3.8) is 0 Å². The van der Waals surface area contributed by atoms with Gasteiger partial charge in [0, 0.05) is 18.8 Å². The lowest BCUT2D eigenvalue weighted by Crippen LogP contribution is -2.42. The molecule has 3 aromatic rings. The van der Waals surface area contributed by atoms with Gasteiger partial charge in [0.15, 0.2) is 0 Å². The van der Waals surface area contributed by atoms with Crippen molar-refractivity contribution in [1.29, 1.82) is 0 Å². The largest absolute Gasteiger partial charge is 0.371 e. The summed E-state index contributed by atoms with van der Waals surface area (Å²) in [7, 11) is -3.95. The van der Waals surface area contributed by atoms with Crippen molar-refractivity contribution < 1.29 is 13.2 Å². The third kappa shape index (κ3) is 6.38. The number of amides is 1. The number of nitrogens with one attached hydrogen (secondary N) is 1. The highest BCUT2D eigenvalue weighted by molar-refractivity contribution is 7.92. The monoisotopic (exact) mass is 533 g/mol. The summed E-state index contributed by atoms with van der Waals surface area (Å²) < 4.78 is 28.7. The van der Waals surface area contributed by atoms with Gasteiger partial charge < -0.3 is 10.2 Å². The number of carbonyl (C=O) groups is 1. The van der Waals surface area contributed by atoms with Gasteiger partial charge in [-0.3, -0.25) is 9.10 Å². The minimum Gasteiger partial charge on any atom is -0.371 e. The number of para-hydroxylation sites is 1. The van der Waals surface area contributed by atoms with Crippen LogP contribution < -0.4 is 14.5 Å². The molecular weight excluding hydrogens is 494 g/mol. The maximum absolute atomic E-state index is 13.8. The summed E-state index contributed by atoms with van der Waals surface area (Å²) >= 11 is 0. The van der Waals surface area contributed by atoms with E-state index in [2.05, 4.69) is 29.3 Å². The molecule has 0 spiro atoms. The van der Waals surface area contributed by atoms with Crippen molar-refractivity contribution in [2.75, 3.05) is 28.8 Å². The van der Waals surface area contributed by atoms with E-state index in [9.17, 15) is 13.2 Å². The van der Waals surface area contributed by atoms with Gasteiger partial charge in [-0.15, -0.1) is 0 Å². The smallest absolute Gasteiger partial charge is 0.264 e. The fraction of sp³-hybridized carbons (Fsp3) is 0.387. The maximum Gasteiger partial charge on any atom is 0.264 e. The molecule has 0 saturated carbocycles. The molecule has 1 saturated heterocycles. The second-order valence-corrected chi connectivity index (χ2v) is 12.2. The SMILES string of the molecule is CCc1ccccc1N(CC(=O)NC(C)c1ccc(N2CCCC(C)C2)cc1)S(=O)(=O)c1ccc(C)cc1. The molecule has 3 aromatic carbocycles. The predicted molar refractivity (Wildman–Crippen MR) is 155 cm³/mol. The number of rotatable bonds is 9. The van der Waals surface area contributed by atoms with Crippen LogP contribution in [0.4, 0.5) is 11.4 Å². The molecule has 38 heavy (non-hydrogen) atoms. The zero-order chi connectivity index (χ0) is 27.3. The Labute approximate surface area is 227 Å². The molecule has 6 nitrogen and oxygen atoms in total. The molecule has 4 rings (SSSR count). The summed E-state index contributed by atoms with van der Waals surface area (Å²) in [5, 5.41) is 3.01. The first-order chi connectivity index (χ1) is 18.2. The zero-order valence-corrected chi connectivity index (χ0v) is 23.7. The van der Waals surface area contributed by atoms with E-state index >= 15 is 0 Å². The van der Waals surface area contributed by atoms with Crippen LogP contribution in [0.15, 0.2) is 77.7 Å². The quantitative estimate of drug-likeness (QED) is 0.374. The molecule has 0 aliphatic carbocycles. The molecule has 1 N–H and O–H groups in total. The summed E-state index contributed by atoms with van der Waals surface area (Å²) in [6, 6.07) is 22.1. The number of nitrogens with zero attached hydrogens (tertiary/aromatic N) is 2. The van der Waals surface area contributed by atoms with Crippen LogP contribution in [0.25, 0.3) is 0 Å². The van der Waals surface area contributed by atoms with Gasteiger partial charge >= 0.3 is 0 Å². The van der Waals surface area contributed by atoms with E-state index in [1.165, 1.54) is 22.8 Å². The molecule has 0 bridgehead atoms. The highest BCUT2D eigenvalue weighted by Crippen LogP contribution is 2.28. The van der Waals surface area contributed by atoms with Crippen LogP contribution in [0.3, 0.4) is 0 Å². The Morgan fingerprint density at radius 3 is 2.39 bits per heavy atom. The minimum absolute atomic E-state index is 0.164. The summed E-state index contributed by atoms with van der Waals surface area (Å²) in [5.74, 6) is 0.339. The molecule has 2 atom stereocenters. The van der Waals surface area contributed by atoms with Crippen molar-refractivity contribution in [3.05, 3.63) is 89.5 Å². The number of sulfonamides is 1. The number of aryl methyl sites for hydroxylation is 2. The van der Waals surface area contributed by atoms with Crippen molar-refractivity contribution in [2.45, 2.75) is 57.9 Å². The van der Waals surface area contributed by atoms with Gasteiger partial charge in [-0.2, -0.15) is 0 Å². The second-order valence-electron chi connectivity index (χ2n) is 10.4. The van der Waals surface area contributed by atoms with E-state index < -0.39 is 10.0 Å². The third-order valence-corrected chi connectivity index (χ3v) is 9.10. The average Bonchev–Trinajstić information content (AvgIpc) is 2.92. The minimum atomic E-state index is -3.95. The van der Waals surface area contributed by atoms with Crippen LogP contribution in [0, 0.1) is 12.8 Å². The van der Waals surface area contributed by atoms with E-state index in [-0.39, 0.29) is 23.4 Å². The normalized spacial score (nSPS) is 16.6. The standard InChI is InChI=1S/C31H39N3O3S/c1-5-26-10-6-7-11-30(26)34(38(36,37)29-18-12-23(2)13-19-29)22-31(35)32-25(4)27-14-16-28(17-15-27)33-20-8-9-24(3)21-33/h6-7,10-19,24-25H,5,8-9,20-22H2,1-4H3,(H,32,35). The first-order valence-corrected chi connectivity index (χ1v) is 14.9. The molecule has 1 aliphatic heterocycles. The van der Waals surface area contributed by atoms with E-state index in [1.807, 2.05) is 45.0 Å². The molecule has 1 amide bonds. The van der Waals surface area contributed by atoms with Crippen molar-refractivity contribution in [2.24, 2.45) is 5.92 Å². The third-order valence-electron chi connectivity index (χ3n) is 7.33. The highest BCUT2D eigenvalue weighted by Gasteiger charge is 2.29. The van der Waals surface area contributed by atoms with Gasteiger partial charge in [0.2, 0.25) is 5.91 Å². The van der Waals surface area contributed by atoms with Crippen molar-refractivity contribution in [3.8, 4) is 0 Å². The molecule has 1 heterocycles. The van der Waals surface area contributed by atoms with Crippen molar-refractivity contribution in [1.82, 2.24) is 5.32 Å². The van der Waals surface area contributed by atoms with Crippen LogP contribution >= 0.6 is 0 Å². The Bertz CT molecular complexity index is 1340. The lowest BCUT2D eigenvalue weighted by atomic mass is 9.99. The van der Waals surface area contributed by atoms with Crippen LogP contribution in [0.1, 0.15) is 56.3 Å². The fourth-order valence-electron chi connectivity index (χ4n) is 5.09. The lowest BCUT2D eigenvalue weighted by Gasteiger charge is -2.33. The summed E-state index contributed by atoms with van der Waals surface area (Å²) in [5.41, 5.74) is 4.54. The predicted octanol–water partition coefficient (Wildman–Crippen LogP) is 5.87. The lowest BCUT2D eigenvalue weighted by molar-refractivity contribution is -0.120. The first-order valence-electron chi connectivity index (χ1n) is 13.5. The number of benzene rings is 3. The van der Waals surface area contributed by atoms with Crippen LogP contribution in [0.5, 0.6) is 0 Å². The van der Waals surface area contributed by atoms with Gasteiger partial charge in [-0.1, -0.05) is 61.9 Å². The number of piperidine rings is 1. The number of anilines is 2. The molecular formula is C31H39N3O3S. The molecule has 202 valence electrons. The van der Waals surface area contributed by atoms with Crippen LogP contribution in [0.2, 0.25) is 0 Å². The second kappa shape index (κ2) is 12.0. The summed E-state index contributed by atoms with van der Waals surface area (Å²) in [4.78, 5) is 15.8. The Morgan fingerprint density at radius 1 is 1.05 bits per heavy atom. The number of hydrogen-bond donors (Lipinski definition) is 1. The van der Waals surface area contributed by atoms with Gasteiger partial charge in [0.1, 0.15) is 6.54 Å². The molecule has 0 radical (unpaired) electrons. The highest BCUT2D eigenvalue weighted by atomic mass is 32.2. The van der Waals surface area contributed by atoms with Crippen LogP contribution in [-0.2, 0) is 21.2 Å². The van der Waals surface area contributed by atoms with E-state index in [0.29, 0.717) is 18.0 Å². The van der Waals surface area contributed by atoms with Crippen LogP contribution in [-0.4, -0.2) is 34.0 Å². The van der Waals surface area contributed by atoms with E-state index in [4.69, 9.17) is 0 Å². The molecule has 0 aromatic heterocycles. The number of carbonyl (C=O) groups excluding carboxylic acids is 1. The van der Waals surface area contributed by atoms with Gasteiger partial charge in [-0.05, 0) is 80.5 Å². The Hall–Kier alpha value is -3.32. The molecule has 1 aliphatic rings. The zero-order valence-electron chi connectivity index (χ0n) is 22.9. The molecule has 1 fully saturated rings.